The average Bonchev–Trinajstić information content (AvgIpc) is 2.54. The lowest BCUT2D eigenvalue weighted by atomic mass is 10.1. The second-order valence-corrected chi connectivity index (χ2v) is 4.59. The van der Waals surface area contributed by atoms with Crippen LogP contribution in [0.2, 0.25) is 0 Å². The molecule has 0 aliphatic rings. The number of carboxylic acids is 1. The number of pyridine rings is 1. The highest BCUT2D eigenvalue weighted by atomic mass is 16.5. The SMILES string of the molecule is COCCOc1ccc(NCc2cccc(C(=O)O)c2)cn1. The molecule has 0 atom stereocenters. The van der Waals surface area contributed by atoms with Crippen LogP contribution in [-0.2, 0) is 11.3 Å². The molecule has 0 aliphatic heterocycles. The molecule has 1 heterocycles. The van der Waals surface area contributed by atoms with E-state index >= 15 is 0 Å². The van der Waals surface area contributed by atoms with E-state index in [0.29, 0.717) is 25.6 Å². The van der Waals surface area contributed by atoms with Crippen LogP contribution < -0.4 is 10.1 Å². The van der Waals surface area contributed by atoms with Crippen molar-refractivity contribution in [3.8, 4) is 5.88 Å². The van der Waals surface area contributed by atoms with E-state index in [-0.39, 0.29) is 5.56 Å². The van der Waals surface area contributed by atoms with Gasteiger partial charge in [-0.15, -0.1) is 0 Å². The van der Waals surface area contributed by atoms with Gasteiger partial charge >= 0.3 is 5.97 Å². The van der Waals surface area contributed by atoms with Crippen LogP contribution in [0, 0.1) is 0 Å². The number of carbonyl (C=O) groups is 1. The maximum atomic E-state index is 10.9. The molecule has 2 rings (SSSR count). The molecule has 2 N–H and O–H groups in total. The average molecular weight is 302 g/mol. The number of nitrogens with one attached hydrogen (secondary N) is 1. The zero-order valence-corrected chi connectivity index (χ0v) is 12.3. The van der Waals surface area contributed by atoms with Gasteiger partial charge in [0.25, 0.3) is 0 Å². The third-order valence-corrected chi connectivity index (χ3v) is 2.94. The maximum absolute atomic E-state index is 10.9. The highest BCUT2D eigenvalue weighted by Crippen LogP contribution is 2.13. The summed E-state index contributed by atoms with van der Waals surface area (Å²) in [5, 5.41) is 12.1. The van der Waals surface area contributed by atoms with E-state index in [1.54, 1.807) is 37.6 Å². The van der Waals surface area contributed by atoms with Gasteiger partial charge in [0.05, 0.1) is 24.1 Å². The first kappa shape index (κ1) is 15.8. The van der Waals surface area contributed by atoms with E-state index in [4.69, 9.17) is 14.6 Å². The summed E-state index contributed by atoms with van der Waals surface area (Å²) in [4.78, 5) is 15.1. The summed E-state index contributed by atoms with van der Waals surface area (Å²) in [6.07, 6.45) is 1.67. The highest BCUT2D eigenvalue weighted by Gasteiger charge is 2.03. The van der Waals surface area contributed by atoms with Crippen molar-refractivity contribution in [2.75, 3.05) is 25.6 Å². The molecule has 1 aromatic heterocycles. The van der Waals surface area contributed by atoms with Crippen molar-refractivity contribution in [1.82, 2.24) is 4.98 Å². The summed E-state index contributed by atoms with van der Waals surface area (Å²) in [6.45, 7) is 1.49. The summed E-state index contributed by atoms with van der Waals surface area (Å²) in [7, 11) is 1.61. The highest BCUT2D eigenvalue weighted by molar-refractivity contribution is 5.87. The molecule has 6 heteroatoms. The van der Waals surface area contributed by atoms with Crippen molar-refractivity contribution in [2.24, 2.45) is 0 Å². The zero-order valence-electron chi connectivity index (χ0n) is 12.3. The molecule has 0 radical (unpaired) electrons. The number of aromatic nitrogens is 1. The monoisotopic (exact) mass is 302 g/mol. The van der Waals surface area contributed by atoms with Gasteiger partial charge in [-0.1, -0.05) is 12.1 Å². The third kappa shape index (κ3) is 4.75. The standard InChI is InChI=1S/C16H18N2O4/c1-21-7-8-22-15-6-5-14(11-18-15)17-10-12-3-2-4-13(9-12)16(19)20/h2-6,9,11,17H,7-8,10H2,1H3,(H,19,20). The molecule has 2 aromatic rings. The molecular formula is C16H18N2O4. The molecule has 1 aromatic carbocycles. The van der Waals surface area contributed by atoms with Gasteiger partial charge < -0.3 is 19.9 Å². The third-order valence-electron chi connectivity index (χ3n) is 2.94. The van der Waals surface area contributed by atoms with Crippen LogP contribution in [0.5, 0.6) is 5.88 Å². The number of rotatable bonds is 8. The molecule has 0 unspecified atom stereocenters. The van der Waals surface area contributed by atoms with E-state index in [1.807, 2.05) is 12.1 Å². The fourth-order valence-corrected chi connectivity index (χ4v) is 1.82. The lowest BCUT2D eigenvalue weighted by Crippen LogP contribution is -2.06. The van der Waals surface area contributed by atoms with E-state index < -0.39 is 5.97 Å². The van der Waals surface area contributed by atoms with Gasteiger partial charge in [0, 0.05) is 19.7 Å². The molecule has 22 heavy (non-hydrogen) atoms. The largest absolute Gasteiger partial charge is 0.478 e. The van der Waals surface area contributed by atoms with Crippen molar-refractivity contribution >= 4 is 11.7 Å². The summed E-state index contributed by atoms with van der Waals surface area (Å²) in [5.74, 6) is -0.392. The van der Waals surface area contributed by atoms with Gasteiger partial charge in [-0.05, 0) is 23.8 Å². The quantitative estimate of drug-likeness (QED) is 0.729. The number of carboxylic acid groups (broad SMARTS) is 1. The fraction of sp³-hybridized carbons (Fsp3) is 0.250. The van der Waals surface area contributed by atoms with Crippen LogP contribution in [0.3, 0.4) is 0 Å². The number of hydrogen-bond donors (Lipinski definition) is 2. The number of nitrogens with zero attached hydrogens (tertiary/aromatic N) is 1. The van der Waals surface area contributed by atoms with E-state index in [9.17, 15) is 4.79 Å². The Morgan fingerprint density at radius 2 is 2.14 bits per heavy atom. The first-order valence-corrected chi connectivity index (χ1v) is 6.83. The number of hydrogen-bond acceptors (Lipinski definition) is 5. The van der Waals surface area contributed by atoms with Crippen molar-refractivity contribution in [3.05, 3.63) is 53.7 Å². The molecule has 6 nitrogen and oxygen atoms in total. The van der Waals surface area contributed by atoms with Gasteiger partial charge in [-0.25, -0.2) is 9.78 Å². The zero-order chi connectivity index (χ0) is 15.8. The van der Waals surface area contributed by atoms with Crippen LogP contribution >= 0.6 is 0 Å². The Balaban J connectivity index is 1.89. The van der Waals surface area contributed by atoms with Crippen LogP contribution in [0.1, 0.15) is 15.9 Å². The van der Waals surface area contributed by atoms with E-state index in [0.717, 1.165) is 11.3 Å². The number of aromatic carboxylic acids is 1. The lowest BCUT2D eigenvalue weighted by Gasteiger charge is -2.08. The minimum absolute atomic E-state index is 0.277. The van der Waals surface area contributed by atoms with Gasteiger partial charge in [0.1, 0.15) is 6.61 Å². The smallest absolute Gasteiger partial charge is 0.335 e. The topological polar surface area (TPSA) is 80.7 Å². The number of benzene rings is 1. The Morgan fingerprint density at radius 3 is 2.82 bits per heavy atom. The fourth-order valence-electron chi connectivity index (χ4n) is 1.82. The molecule has 0 amide bonds. The van der Waals surface area contributed by atoms with Crippen molar-refractivity contribution in [3.63, 3.8) is 0 Å². The summed E-state index contributed by atoms with van der Waals surface area (Å²) in [5.41, 5.74) is 2.00. The predicted octanol–water partition coefficient (Wildman–Crippen LogP) is 2.42. The molecule has 0 fully saturated rings. The predicted molar refractivity (Wildman–Crippen MR) is 82.3 cm³/mol. The summed E-state index contributed by atoms with van der Waals surface area (Å²) < 4.78 is 10.3. The van der Waals surface area contributed by atoms with Gasteiger partial charge in [-0.2, -0.15) is 0 Å². The molecule has 0 saturated heterocycles. The van der Waals surface area contributed by atoms with Crippen LogP contribution in [0.25, 0.3) is 0 Å². The van der Waals surface area contributed by atoms with Gasteiger partial charge in [-0.3, -0.25) is 0 Å². The summed E-state index contributed by atoms with van der Waals surface area (Å²) in [6, 6.07) is 10.4. The Morgan fingerprint density at radius 1 is 1.27 bits per heavy atom. The Bertz CT molecular complexity index is 614. The number of anilines is 1. The Kier molecular flexibility index (Phi) is 5.73. The van der Waals surface area contributed by atoms with Crippen LogP contribution in [0.15, 0.2) is 42.6 Å². The molecule has 0 bridgehead atoms. The van der Waals surface area contributed by atoms with E-state index in [1.165, 1.54) is 0 Å². The van der Waals surface area contributed by atoms with Crippen LogP contribution in [0.4, 0.5) is 5.69 Å². The lowest BCUT2D eigenvalue weighted by molar-refractivity contribution is 0.0696. The summed E-state index contributed by atoms with van der Waals surface area (Å²) >= 11 is 0. The van der Waals surface area contributed by atoms with Crippen LogP contribution in [-0.4, -0.2) is 36.4 Å². The molecule has 116 valence electrons. The molecular weight excluding hydrogens is 284 g/mol. The normalized spacial score (nSPS) is 10.2. The second kappa shape index (κ2) is 7.99. The Hall–Kier alpha value is -2.60. The molecule has 0 saturated carbocycles. The first-order chi connectivity index (χ1) is 10.7. The number of methoxy groups -OCH3 is 1. The number of ether oxygens (including phenoxy) is 2. The molecule has 0 aliphatic carbocycles. The van der Waals surface area contributed by atoms with Crippen molar-refractivity contribution in [2.45, 2.75) is 6.54 Å². The first-order valence-electron chi connectivity index (χ1n) is 6.83. The minimum atomic E-state index is -0.930. The maximum Gasteiger partial charge on any atom is 0.335 e. The van der Waals surface area contributed by atoms with Gasteiger partial charge in [0.15, 0.2) is 0 Å². The van der Waals surface area contributed by atoms with Crippen molar-refractivity contribution < 1.29 is 19.4 Å². The van der Waals surface area contributed by atoms with Gasteiger partial charge in [0.2, 0.25) is 5.88 Å². The second-order valence-electron chi connectivity index (χ2n) is 4.59. The van der Waals surface area contributed by atoms with E-state index in [2.05, 4.69) is 10.3 Å². The Labute approximate surface area is 128 Å². The molecule has 0 spiro atoms. The minimum Gasteiger partial charge on any atom is -0.478 e. The van der Waals surface area contributed by atoms with Crippen molar-refractivity contribution in [1.29, 1.82) is 0 Å².